The van der Waals surface area contributed by atoms with Crippen LogP contribution in [0.2, 0.25) is 0 Å². The molecule has 51 heavy (non-hydrogen) atoms. The van der Waals surface area contributed by atoms with Gasteiger partial charge in [0.15, 0.2) is 11.5 Å². The first-order chi connectivity index (χ1) is 24.3. The van der Waals surface area contributed by atoms with Gasteiger partial charge in [-0.3, -0.25) is 8.97 Å². The molecule has 0 aliphatic carbocycles. The first kappa shape index (κ1) is 30.4. The maximum absolute atomic E-state index is 11.5. The molecule has 0 spiro atoms. The van der Waals surface area contributed by atoms with E-state index in [-0.39, 0.29) is 37.6 Å². The zero-order chi connectivity index (χ0) is 33.7. The summed E-state index contributed by atoms with van der Waals surface area (Å²) in [7, 11) is 0. The van der Waals surface area contributed by atoms with Gasteiger partial charge in [-0.2, -0.15) is 24.3 Å². The number of hydrogen-bond acceptors (Lipinski definition) is 3. The number of pyridine rings is 2. The number of rotatable bonds is 2. The maximum atomic E-state index is 11.5. The number of para-hydroxylation sites is 4. The molecule has 0 unspecified atom stereocenters. The van der Waals surface area contributed by atoms with Crippen LogP contribution in [0.1, 0.15) is 39.0 Å². The van der Waals surface area contributed by atoms with Crippen LogP contribution in [0.4, 0.5) is 0 Å². The van der Waals surface area contributed by atoms with Gasteiger partial charge in [-0.25, -0.2) is 9.97 Å². The van der Waals surface area contributed by atoms with Gasteiger partial charge in [0, 0.05) is 53.6 Å². The zero-order valence-corrected chi connectivity index (χ0v) is 30.7. The second-order valence-corrected chi connectivity index (χ2v) is 14.8. The zero-order valence-electron chi connectivity index (χ0n) is 28.5. The second kappa shape index (κ2) is 10.1. The number of benzene rings is 5. The van der Waals surface area contributed by atoms with Crippen LogP contribution in [0.3, 0.4) is 0 Å². The Bertz CT molecular complexity index is 3070. The smallest absolute Gasteiger partial charge is 0.162 e. The number of nitrogens with zero attached hydrogens (tertiary/aromatic N) is 5. The van der Waals surface area contributed by atoms with E-state index in [0.29, 0.717) is 0 Å². The number of aromatic hydroxyl groups is 1. The van der Waals surface area contributed by atoms with E-state index in [9.17, 15) is 5.11 Å². The fourth-order valence-electron chi connectivity index (χ4n) is 8.90. The Kier molecular flexibility index (Phi) is 6.00. The van der Waals surface area contributed by atoms with Crippen molar-refractivity contribution >= 4 is 71.1 Å². The molecule has 10 aromatic rings. The minimum atomic E-state index is -0.363. The van der Waals surface area contributed by atoms with Gasteiger partial charge in [0.25, 0.3) is 0 Å². The fraction of sp³-hybridized carbons (Fsp3) is 0.136. The number of aromatic nitrogens is 5. The molecule has 11 rings (SSSR count). The Balaban J connectivity index is 0.00000327. The van der Waals surface area contributed by atoms with Gasteiger partial charge in [0.1, 0.15) is 17.2 Å². The summed E-state index contributed by atoms with van der Waals surface area (Å²) in [5.41, 5.74) is 7.63. The molecule has 6 nitrogen and oxygen atoms in total. The topological polar surface area (TPSA) is 60.3 Å². The number of imidazole rings is 1. The van der Waals surface area contributed by atoms with Crippen molar-refractivity contribution < 1.29 is 26.2 Å². The van der Waals surface area contributed by atoms with Gasteiger partial charge in [-0.05, 0) is 46.7 Å². The molecule has 1 N–H and O–H groups in total. The van der Waals surface area contributed by atoms with E-state index in [1.807, 2.05) is 18.2 Å². The van der Waals surface area contributed by atoms with Crippen LogP contribution in [-0.4, -0.2) is 28.6 Å². The van der Waals surface area contributed by atoms with Crippen LogP contribution in [-0.2, 0) is 31.9 Å². The summed E-state index contributed by atoms with van der Waals surface area (Å²) in [6, 6.07) is 43.4. The Morgan fingerprint density at radius 3 is 2.06 bits per heavy atom. The third-order valence-electron chi connectivity index (χ3n) is 11.9. The summed E-state index contributed by atoms with van der Waals surface area (Å²) in [4.78, 5) is 11.1. The number of phenolic OH excluding ortho intramolecular Hbond substituents is 1. The molecule has 0 fully saturated rings. The third kappa shape index (κ3) is 3.61. The minimum absolute atomic E-state index is 0. The molecule has 0 atom stereocenters. The average Bonchev–Trinajstić information content (AvgIpc) is 3.79. The summed E-state index contributed by atoms with van der Waals surface area (Å²) in [5, 5.41) is 18.8. The molecule has 1 aliphatic rings. The van der Waals surface area contributed by atoms with Gasteiger partial charge in [0.2, 0.25) is 0 Å². The maximum Gasteiger partial charge on any atom is 0.162 e. The molecule has 250 valence electrons. The number of hydrogen-bond donors (Lipinski definition) is 1. The molecule has 0 saturated heterocycles. The van der Waals surface area contributed by atoms with Gasteiger partial charge in [-0.15, -0.1) is 5.39 Å². The third-order valence-corrected chi connectivity index (χ3v) is 11.9. The van der Waals surface area contributed by atoms with E-state index < -0.39 is 0 Å². The van der Waals surface area contributed by atoms with Crippen molar-refractivity contribution in [2.45, 2.75) is 38.5 Å². The van der Waals surface area contributed by atoms with Crippen molar-refractivity contribution in [2.24, 2.45) is 0 Å². The quantitative estimate of drug-likeness (QED) is 0.139. The molecule has 7 heteroatoms. The van der Waals surface area contributed by atoms with Gasteiger partial charge in [0.05, 0.1) is 22.1 Å². The van der Waals surface area contributed by atoms with Crippen molar-refractivity contribution in [3.05, 3.63) is 133 Å². The van der Waals surface area contributed by atoms with Gasteiger partial charge >= 0.3 is 0 Å². The molecule has 0 saturated carbocycles. The monoisotopic (exact) mass is 841 g/mol. The van der Waals surface area contributed by atoms with Crippen molar-refractivity contribution in [1.29, 1.82) is 0 Å². The molecular weight excluding hydrogens is 810 g/mol. The largest absolute Gasteiger partial charge is 0.507 e. The van der Waals surface area contributed by atoms with Gasteiger partial charge in [-0.1, -0.05) is 99.9 Å². The molecule has 6 heterocycles. The van der Waals surface area contributed by atoms with E-state index in [4.69, 9.17) is 9.97 Å². The number of phenols is 1. The molecule has 0 radical (unpaired) electrons. The molecule has 0 bridgehead atoms. The van der Waals surface area contributed by atoms with E-state index in [1.54, 1.807) is 6.07 Å². The van der Waals surface area contributed by atoms with Gasteiger partial charge < -0.3 is 9.67 Å². The summed E-state index contributed by atoms with van der Waals surface area (Å²) in [6.45, 7) is 9.36. The Labute approximate surface area is 307 Å². The molecule has 5 aromatic carbocycles. The normalized spacial score (nSPS) is 14.9. The fourth-order valence-corrected chi connectivity index (χ4v) is 8.90. The SMILES string of the molecule is CC1(C)c2cccc3c4cccc(O)c4c4nc(-n5c6ccccc6c6ccc(-n7c8[c-]cccc8c8ccccc87)nc65)c(n4c23)C1(C)C.[Pt]. The van der Waals surface area contributed by atoms with Crippen LogP contribution in [0.5, 0.6) is 5.75 Å². The second-order valence-electron chi connectivity index (χ2n) is 14.8. The van der Waals surface area contributed by atoms with Crippen LogP contribution < -0.4 is 0 Å². The molecule has 5 aromatic heterocycles. The van der Waals surface area contributed by atoms with Crippen molar-refractivity contribution in [2.75, 3.05) is 0 Å². The van der Waals surface area contributed by atoms with E-state index >= 15 is 0 Å². The summed E-state index contributed by atoms with van der Waals surface area (Å²) < 4.78 is 6.81. The van der Waals surface area contributed by atoms with Crippen molar-refractivity contribution in [3.63, 3.8) is 0 Å². The van der Waals surface area contributed by atoms with Crippen molar-refractivity contribution in [3.8, 4) is 17.4 Å². The van der Waals surface area contributed by atoms with Crippen LogP contribution in [0.25, 0.3) is 82.7 Å². The Morgan fingerprint density at radius 1 is 0.588 bits per heavy atom. The van der Waals surface area contributed by atoms with Crippen LogP contribution in [0.15, 0.2) is 115 Å². The predicted octanol–water partition coefficient (Wildman–Crippen LogP) is 10.3. The van der Waals surface area contributed by atoms with Crippen LogP contribution in [0, 0.1) is 6.07 Å². The number of fused-ring (bicyclic) bond motifs is 9. The molecule has 1 aliphatic heterocycles. The summed E-state index contributed by atoms with van der Waals surface area (Å²) in [6.07, 6.45) is 0. The standard InChI is InChI=1S/C44H32N5O.Pt/c1-43(2)31-18-11-17-29-28-16-12-22-35(50)37(28)41-46-42(39(44(43,3)4)49(41)38(29)31)48-34-21-10-7-15-27(34)30-23-24-36(45-40(30)48)47-32-19-8-5-13-25(32)26-14-6-9-20-33(26)47;/h5-19,21-24,50H,1-4H3;/q-1;. The van der Waals surface area contributed by atoms with Crippen molar-refractivity contribution in [1.82, 2.24) is 23.5 Å². The Hall–Kier alpha value is -5.45. The first-order valence-electron chi connectivity index (χ1n) is 17.2. The first-order valence-corrected chi connectivity index (χ1v) is 17.2. The Morgan fingerprint density at radius 2 is 1.25 bits per heavy atom. The summed E-state index contributed by atoms with van der Waals surface area (Å²) >= 11 is 0. The van der Waals surface area contributed by atoms with E-state index in [1.165, 1.54) is 10.9 Å². The minimum Gasteiger partial charge on any atom is -0.507 e. The molecular formula is C44H32N5OPt-. The average molecular weight is 842 g/mol. The predicted molar refractivity (Wildman–Crippen MR) is 203 cm³/mol. The summed E-state index contributed by atoms with van der Waals surface area (Å²) in [5.74, 6) is 1.88. The van der Waals surface area contributed by atoms with E-state index in [2.05, 4.69) is 138 Å². The molecule has 0 amide bonds. The van der Waals surface area contributed by atoms with Crippen LogP contribution >= 0.6 is 0 Å². The van der Waals surface area contributed by atoms with E-state index in [0.717, 1.165) is 83.0 Å².